The maximum absolute atomic E-state index is 13.6. The fraction of sp³-hybridized carbons (Fsp3) is 0.500. The predicted octanol–water partition coefficient (Wildman–Crippen LogP) is 2.73. The molecule has 0 aromatic heterocycles. The van der Waals surface area contributed by atoms with Crippen LogP contribution in [-0.4, -0.2) is 29.3 Å². The predicted molar refractivity (Wildman–Crippen MR) is 71.9 cm³/mol. The first kappa shape index (κ1) is 15.4. The number of carboxylic acids is 1. The molecule has 0 saturated heterocycles. The minimum Gasteiger partial charge on any atom is -0.478 e. The first-order chi connectivity index (χ1) is 8.98. The van der Waals surface area contributed by atoms with Crippen LogP contribution in [0.2, 0.25) is 0 Å². The Balaban J connectivity index is 2.87. The van der Waals surface area contributed by atoms with E-state index in [1.165, 1.54) is 12.1 Å². The molecule has 0 unspecified atom stereocenters. The topological polar surface area (TPSA) is 69.6 Å². The van der Waals surface area contributed by atoms with Crippen LogP contribution in [-0.2, 0) is 0 Å². The summed E-state index contributed by atoms with van der Waals surface area (Å²) in [6, 6.07) is 3.62. The quantitative estimate of drug-likeness (QED) is 0.712. The lowest BCUT2D eigenvalue weighted by Crippen LogP contribution is -2.32. The van der Waals surface area contributed by atoms with Crippen molar-refractivity contribution in [1.82, 2.24) is 0 Å². The van der Waals surface area contributed by atoms with Crippen molar-refractivity contribution in [3.8, 4) is 0 Å². The third kappa shape index (κ3) is 3.67. The molecule has 4 nitrogen and oxygen atoms in total. The zero-order valence-electron chi connectivity index (χ0n) is 11.2. The molecule has 0 bridgehead atoms. The summed E-state index contributed by atoms with van der Waals surface area (Å²) in [5.74, 6) is -1.59. The first-order valence-electron chi connectivity index (χ1n) is 6.35. The number of rotatable bonds is 7. The molecule has 106 valence electrons. The second-order valence-electron chi connectivity index (χ2n) is 4.72. The van der Waals surface area contributed by atoms with E-state index < -0.39 is 11.8 Å². The van der Waals surface area contributed by atoms with Crippen molar-refractivity contribution < 1.29 is 19.4 Å². The Labute approximate surface area is 112 Å². The van der Waals surface area contributed by atoms with Crippen LogP contribution in [0.5, 0.6) is 0 Å². The van der Waals surface area contributed by atoms with E-state index in [0.717, 1.165) is 18.9 Å². The molecule has 19 heavy (non-hydrogen) atoms. The molecule has 0 saturated carbocycles. The fourth-order valence-electron chi connectivity index (χ4n) is 1.86. The molecule has 0 spiro atoms. The van der Waals surface area contributed by atoms with E-state index >= 15 is 0 Å². The zero-order valence-corrected chi connectivity index (χ0v) is 11.2. The summed E-state index contributed by atoms with van der Waals surface area (Å²) in [6.07, 6.45) is 1.51. The highest BCUT2D eigenvalue weighted by molar-refractivity contribution is 5.88. The van der Waals surface area contributed by atoms with E-state index in [0.29, 0.717) is 6.54 Å². The number of aliphatic hydroxyl groups excluding tert-OH is 1. The van der Waals surface area contributed by atoms with Gasteiger partial charge >= 0.3 is 5.97 Å². The first-order valence-corrected chi connectivity index (χ1v) is 6.35. The third-order valence-corrected chi connectivity index (χ3v) is 3.70. The summed E-state index contributed by atoms with van der Waals surface area (Å²) in [4.78, 5) is 10.8. The number of aromatic carboxylic acids is 1. The van der Waals surface area contributed by atoms with E-state index in [1.54, 1.807) is 0 Å². The van der Waals surface area contributed by atoms with Gasteiger partial charge in [-0.15, -0.1) is 0 Å². The highest BCUT2D eigenvalue weighted by Gasteiger charge is 2.25. The molecule has 1 aromatic rings. The van der Waals surface area contributed by atoms with Crippen molar-refractivity contribution in [2.45, 2.75) is 26.7 Å². The molecule has 0 aliphatic carbocycles. The van der Waals surface area contributed by atoms with Crippen LogP contribution in [0.15, 0.2) is 18.2 Å². The van der Waals surface area contributed by atoms with Crippen LogP contribution in [0.3, 0.4) is 0 Å². The summed E-state index contributed by atoms with van der Waals surface area (Å²) < 4.78 is 13.6. The van der Waals surface area contributed by atoms with Crippen molar-refractivity contribution in [2.75, 3.05) is 18.5 Å². The molecular formula is C14H20FNO3. The Bertz CT molecular complexity index is 436. The molecule has 0 aliphatic rings. The molecule has 1 aromatic carbocycles. The van der Waals surface area contributed by atoms with Gasteiger partial charge in [-0.1, -0.05) is 13.8 Å². The van der Waals surface area contributed by atoms with Crippen molar-refractivity contribution in [2.24, 2.45) is 5.41 Å². The van der Waals surface area contributed by atoms with E-state index in [1.807, 2.05) is 13.8 Å². The third-order valence-electron chi connectivity index (χ3n) is 3.70. The van der Waals surface area contributed by atoms with Crippen LogP contribution in [0.1, 0.15) is 37.0 Å². The number of benzene rings is 1. The lowest BCUT2D eigenvalue weighted by atomic mass is 9.83. The molecule has 3 N–H and O–H groups in total. The molecule has 0 fully saturated rings. The molecule has 0 aliphatic heterocycles. The van der Waals surface area contributed by atoms with Crippen molar-refractivity contribution in [3.05, 3.63) is 29.6 Å². The lowest BCUT2D eigenvalue weighted by molar-refractivity contribution is 0.0697. The summed E-state index contributed by atoms with van der Waals surface area (Å²) in [5, 5.41) is 21.2. The number of hydrogen-bond donors (Lipinski definition) is 3. The molecule has 0 amide bonds. The lowest BCUT2D eigenvalue weighted by Gasteiger charge is -2.30. The standard InChI is InChI=1S/C14H20FNO3/c1-3-14(4-2,9-17)8-16-12-7-10(13(18)19)5-6-11(12)15/h5-7,16-17H,3-4,8-9H2,1-2H3,(H,18,19). The smallest absolute Gasteiger partial charge is 0.335 e. The van der Waals surface area contributed by atoms with Crippen LogP contribution in [0, 0.1) is 11.2 Å². The maximum Gasteiger partial charge on any atom is 0.335 e. The average molecular weight is 269 g/mol. The summed E-state index contributed by atoms with van der Waals surface area (Å²) in [6.45, 7) is 4.33. The van der Waals surface area contributed by atoms with Gasteiger partial charge < -0.3 is 15.5 Å². The number of nitrogens with one attached hydrogen (secondary N) is 1. The van der Waals surface area contributed by atoms with Gasteiger partial charge in [0.15, 0.2) is 0 Å². The Morgan fingerprint density at radius 2 is 2.00 bits per heavy atom. The number of halogens is 1. The van der Waals surface area contributed by atoms with E-state index in [4.69, 9.17) is 5.11 Å². The average Bonchev–Trinajstić information content (AvgIpc) is 2.42. The molecule has 5 heteroatoms. The van der Waals surface area contributed by atoms with Crippen molar-refractivity contribution >= 4 is 11.7 Å². The van der Waals surface area contributed by atoms with Gasteiger partial charge in [0.05, 0.1) is 17.9 Å². The number of hydrogen-bond acceptors (Lipinski definition) is 3. The Kier molecular flexibility index (Phi) is 5.30. The van der Waals surface area contributed by atoms with Crippen LogP contribution in [0.4, 0.5) is 10.1 Å². The summed E-state index contributed by atoms with van der Waals surface area (Å²) >= 11 is 0. The highest BCUT2D eigenvalue weighted by atomic mass is 19.1. The van der Waals surface area contributed by atoms with Crippen LogP contribution >= 0.6 is 0 Å². The second-order valence-corrected chi connectivity index (χ2v) is 4.72. The van der Waals surface area contributed by atoms with E-state index in [2.05, 4.69) is 5.32 Å². The SMILES string of the molecule is CCC(CC)(CO)CNc1cc(C(=O)O)ccc1F. The highest BCUT2D eigenvalue weighted by Crippen LogP contribution is 2.27. The zero-order chi connectivity index (χ0) is 14.5. The van der Waals surface area contributed by atoms with Gasteiger partial charge in [-0.2, -0.15) is 0 Å². The maximum atomic E-state index is 13.6. The number of carboxylic acid groups (broad SMARTS) is 1. The van der Waals surface area contributed by atoms with Crippen LogP contribution in [0.25, 0.3) is 0 Å². The monoisotopic (exact) mass is 269 g/mol. The summed E-state index contributed by atoms with van der Waals surface area (Å²) in [7, 11) is 0. The molecule has 1 rings (SSSR count). The van der Waals surface area contributed by atoms with E-state index in [-0.39, 0.29) is 23.3 Å². The Hall–Kier alpha value is -1.62. The minimum atomic E-state index is -1.09. The number of aliphatic hydroxyl groups is 1. The number of carbonyl (C=O) groups is 1. The van der Waals surface area contributed by atoms with Gasteiger partial charge in [0.1, 0.15) is 5.82 Å². The van der Waals surface area contributed by atoms with Gasteiger partial charge in [0.2, 0.25) is 0 Å². The fourth-order valence-corrected chi connectivity index (χ4v) is 1.86. The van der Waals surface area contributed by atoms with Gasteiger partial charge in [-0.25, -0.2) is 9.18 Å². The molecular weight excluding hydrogens is 249 g/mol. The molecule has 0 radical (unpaired) electrons. The summed E-state index contributed by atoms with van der Waals surface area (Å²) in [5.41, 5.74) is -0.128. The number of anilines is 1. The van der Waals surface area contributed by atoms with Gasteiger partial charge in [-0.3, -0.25) is 0 Å². The van der Waals surface area contributed by atoms with Crippen molar-refractivity contribution in [1.29, 1.82) is 0 Å². The van der Waals surface area contributed by atoms with Gasteiger partial charge in [0.25, 0.3) is 0 Å². The van der Waals surface area contributed by atoms with Gasteiger partial charge in [0, 0.05) is 12.0 Å². The Morgan fingerprint density at radius 3 is 2.47 bits per heavy atom. The van der Waals surface area contributed by atoms with Crippen molar-refractivity contribution in [3.63, 3.8) is 0 Å². The molecule has 0 atom stereocenters. The normalized spacial score (nSPS) is 11.4. The van der Waals surface area contributed by atoms with E-state index in [9.17, 15) is 14.3 Å². The van der Waals surface area contributed by atoms with Gasteiger partial charge in [-0.05, 0) is 31.0 Å². The van der Waals surface area contributed by atoms with Crippen LogP contribution < -0.4 is 5.32 Å². The Morgan fingerprint density at radius 1 is 1.37 bits per heavy atom. The second kappa shape index (κ2) is 6.52. The molecule has 0 heterocycles. The largest absolute Gasteiger partial charge is 0.478 e. The minimum absolute atomic E-state index is 0.00718.